The number of fused-ring (bicyclic) bond motifs is 4. The third-order valence-electron chi connectivity index (χ3n) is 6.86. The van der Waals surface area contributed by atoms with E-state index in [4.69, 9.17) is 11.6 Å². The summed E-state index contributed by atoms with van der Waals surface area (Å²) in [6.07, 6.45) is 0. The minimum atomic E-state index is -1.27. The fourth-order valence-corrected chi connectivity index (χ4v) is 5.67. The van der Waals surface area contributed by atoms with E-state index < -0.39 is 39.8 Å². The third-order valence-corrected chi connectivity index (χ3v) is 7.18. The van der Waals surface area contributed by atoms with Crippen LogP contribution in [0, 0.1) is 27.9 Å². The van der Waals surface area contributed by atoms with Gasteiger partial charge in [-0.1, -0.05) is 43.6 Å². The number of nitrogens with zero attached hydrogens (tertiary/aromatic N) is 2. The topological polar surface area (TPSA) is 126 Å². The monoisotopic (exact) mass is 455 g/mol. The second kappa shape index (κ2) is 6.85. The van der Waals surface area contributed by atoms with Crippen LogP contribution in [0.5, 0.6) is 0 Å². The summed E-state index contributed by atoms with van der Waals surface area (Å²) < 4.78 is 0. The van der Waals surface area contributed by atoms with Crippen LogP contribution in [0.3, 0.4) is 0 Å². The van der Waals surface area contributed by atoms with Gasteiger partial charge in [0.25, 0.3) is 11.6 Å². The quantitative estimate of drug-likeness (QED) is 0.414. The molecule has 164 valence electrons. The molecule has 2 aromatic carbocycles. The van der Waals surface area contributed by atoms with Crippen molar-refractivity contribution >= 4 is 46.4 Å². The van der Waals surface area contributed by atoms with Gasteiger partial charge in [-0.05, 0) is 18.2 Å². The Balaban J connectivity index is 1.68. The van der Waals surface area contributed by atoms with Crippen LogP contribution in [0.2, 0.25) is 5.02 Å². The zero-order valence-electron chi connectivity index (χ0n) is 17.2. The first-order valence-electron chi connectivity index (χ1n) is 10.3. The molecule has 3 aliphatic rings. The van der Waals surface area contributed by atoms with Crippen molar-refractivity contribution in [1.29, 1.82) is 0 Å². The molecule has 9 nitrogen and oxygen atoms in total. The summed E-state index contributed by atoms with van der Waals surface area (Å²) in [6, 6.07) is 10.7. The smallest absolute Gasteiger partial charge is 0.291 e. The van der Waals surface area contributed by atoms with E-state index in [0.717, 1.165) is 11.0 Å². The largest absolute Gasteiger partial charge is 0.326 e. The third kappa shape index (κ3) is 2.52. The number of carbonyl (C=O) groups is 3. The Morgan fingerprint density at radius 1 is 1.16 bits per heavy atom. The molecule has 3 N–H and O–H groups in total. The summed E-state index contributed by atoms with van der Waals surface area (Å²) in [5.74, 6) is -3.00. The van der Waals surface area contributed by atoms with Crippen LogP contribution in [-0.2, 0) is 19.9 Å². The van der Waals surface area contributed by atoms with Crippen molar-refractivity contribution in [2.45, 2.75) is 25.4 Å². The SMILES string of the molecule is CC(C)[C@@H]1[NH2+][C@]2(C(=O)Nc3ccccc32)[C@@H]2C(=O)N(c3ccc(Cl)c([N+](=O)[O-])c3)C(=O)[C@H]21. The van der Waals surface area contributed by atoms with Gasteiger partial charge in [-0.2, -0.15) is 0 Å². The Morgan fingerprint density at radius 3 is 2.56 bits per heavy atom. The van der Waals surface area contributed by atoms with E-state index in [0.29, 0.717) is 11.3 Å². The molecule has 1 spiro atoms. The highest BCUT2D eigenvalue weighted by Gasteiger charge is 2.74. The van der Waals surface area contributed by atoms with Gasteiger partial charge < -0.3 is 10.6 Å². The van der Waals surface area contributed by atoms with Crippen molar-refractivity contribution in [3.05, 3.63) is 63.2 Å². The fourth-order valence-electron chi connectivity index (χ4n) is 5.49. The van der Waals surface area contributed by atoms with Gasteiger partial charge in [0, 0.05) is 17.5 Å². The molecule has 10 heteroatoms. The molecule has 0 radical (unpaired) electrons. The van der Waals surface area contributed by atoms with Gasteiger partial charge in [0.15, 0.2) is 0 Å². The van der Waals surface area contributed by atoms with Crippen LogP contribution >= 0.6 is 11.6 Å². The van der Waals surface area contributed by atoms with E-state index in [1.165, 1.54) is 12.1 Å². The minimum Gasteiger partial charge on any atom is -0.326 e. The number of nitro groups is 1. The number of para-hydroxylation sites is 1. The van der Waals surface area contributed by atoms with Gasteiger partial charge >= 0.3 is 0 Å². The second-order valence-corrected chi connectivity index (χ2v) is 9.17. The lowest BCUT2D eigenvalue weighted by Crippen LogP contribution is -2.99. The first-order valence-corrected chi connectivity index (χ1v) is 10.6. The number of hydrogen-bond donors (Lipinski definition) is 2. The molecule has 0 aromatic heterocycles. The van der Waals surface area contributed by atoms with Crippen LogP contribution < -0.4 is 15.5 Å². The van der Waals surface area contributed by atoms with E-state index in [9.17, 15) is 24.5 Å². The predicted molar refractivity (Wildman–Crippen MR) is 115 cm³/mol. The highest BCUT2D eigenvalue weighted by Crippen LogP contribution is 2.50. The van der Waals surface area contributed by atoms with Crippen molar-refractivity contribution in [2.75, 3.05) is 10.2 Å². The molecule has 0 aliphatic carbocycles. The zero-order chi connectivity index (χ0) is 22.9. The van der Waals surface area contributed by atoms with Gasteiger partial charge in [0.1, 0.15) is 22.9 Å². The summed E-state index contributed by atoms with van der Waals surface area (Å²) in [5, 5.41) is 16.0. The molecule has 3 aliphatic heterocycles. The number of rotatable bonds is 3. The molecule has 32 heavy (non-hydrogen) atoms. The molecule has 4 atom stereocenters. The molecule has 0 bridgehead atoms. The predicted octanol–water partition coefficient (Wildman–Crippen LogP) is 1.80. The van der Waals surface area contributed by atoms with Crippen molar-refractivity contribution in [2.24, 2.45) is 17.8 Å². The number of nitrogens with one attached hydrogen (secondary N) is 1. The Kier molecular flexibility index (Phi) is 4.41. The maximum absolute atomic E-state index is 13.8. The highest BCUT2D eigenvalue weighted by atomic mass is 35.5. The average molecular weight is 456 g/mol. The van der Waals surface area contributed by atoms with Crippen LogP contribution in [0.4, 0.5) is 17.1 Å². The van der Waals surface area contributed by atoms with E-state index in [1.54, 1.807) is 24.3 Å². The number of halogens is 1. The van der Waals surface area contributed by atoms with E-state index in [-0.39, 0.29) is 28.6 Å². The summed E-state index contributed by atoms with van der Waals surface area (Å²) in [5.41, 5.74) is -0.288. The van der Waals surface area contributed by atoms with Gasteiger partial charge in [0.05, 0.1) is 16.3 Å². The summed E-state index contributed by atoms with van der Waals surface area (Å²) in [7, 11) is 0. The first kappa shape index (κ1) is 20.6. The molecule has 3 heterocycles. The standard InChI is InChI=1S/C22H19ClN4O5/c1-10(2)18-16-17(22(25-18)12-5-3-4-6-14(12)24-21(22)30)20(29)26(19(16)28)11-7-8-13(23)15(9-11)27(31)32/h3-10,16-18,25H,1-2H3,(H,24,30)/p+1/t16-,17+,18+,22+/m1/s1. The average Bonchev–Trinajstić information content (AvgIpc) is 3.34. The lowest BCUT2D eigenvalue weighted by Gasteiger charge is -2.27. The number of benzene rings is 2. The van der Waals surface area contributed by atoms with Crippen molar-refractivity contribution in [3.63, 3.8) is 0 Å². The number of hydrogen-bond acceptors (Lipinski definition) is 5. The lowest BCUT2D eigenvalue weighted by atomic mass is 9.76. The van der Waals surface area contributed by atoms with E-state index >= 15 is 0 Å². The Bertz CT molecular complexity index is 1210. The number of nitrogens with two attached hydrogens (primary N) is 1. The number of anilines is 2. The molecular formula is C22H20ClN4O5+. The minimum absolute atomic E-state index is 0.00121. The molecular weight excluding hydrogens is 436 g/mol. The molecule has 5 rings (SSSR count). The zero-order valence-corrected chi connectivity index (χ0v) is 18.0. The number of nitro benzene ring substituents is 1. The number of imide groups is 1. The normalized spacial score (nSPS) is 28.4. The molecule has 3 amide bonds. The molecule has 0 saturated carbocycles. The van der Waals surface area contributed by atoms with E-state index in [1.807, 2.05) is 19.2 Å². The van der Waals surface area contributed by atoms with Crippen LogP contribution in [0.1, 0.15) is 19.4 Å². The summed E-state index contributed by atoms with van der Waals surface area (Å²) in [6.45, 7) is 3.90. The van der Waals surface area contributed by atoms with Gasteiger partial charge in [-0.3, -0.25) is 24.5 Å². The van der Waals surface area contributed by atoms with Crippen molar-refractivity contribution in [3.8, 4) is 0 Å². The maximum atomic E-state index is 13.8. The molecule has 0 unspecified atom stereocenters. The summed E-state index contributed by atoms with van der Waals surface area (Å²) in [4.78, 5) is 52.3. The van der Waals surface area contributed by atoms with Crippen LogP contribution in [-0.4, -0.2) is 28.7 Å². The first-order chi connectivity index (χ1) is 15.2. The molecule has 2 saturated heterocycles. The highest BCUT2D eigenvalue weighted by molar-refractivity contribution is 6.33. The Morgan fingerprint density at radius 2 is 1.88 bits per heavy atom. The van der Waals surface area contributed by atoms with Gasteiger partial charge in [-0.15, -0.1) is 0 Å². The second-order valence-electron chi connectivity index (χ2n) is 8.76. The van der Waals surface area contributed by atoms with Crippen LogP contribution in [0.25, 0.3) is 0 Å². The number of carbonyl (C=O) groups excluding carboxylic acids is 3. The number of amides is 3. The fraction of sp³-hybridized carbons (Fsp3) is 0.318. The summed E-state index contributed by atoms with van der Waals surface area (Å²) >= 11 is 5.92. The van der Waals surface area contributed by atoms with E-state index in [2.05, 4.69) is 5.32 Å². The van der Waals surface area contributed by atoms with Crippen molar-refractivity contribution in [1.82, 2.24) is 0 Å². The Labute approximate surface area is 187 Å². The lowest BCUT2D eigenvalue weighted by molar-refractivity contribution is -0.738. The number of quaternary nitrogens is 1. The Hall–Kier alpha value is -3.30. The maximum Gasteiger partial charge on any atom is 0.291 e. The van der Waals surface area contributed by atoms with Crippen LogP contribution in [0.15, 0.2) is 42.5 Å². The van der Waals surface area contributed by atoms with Gasteiger partial charge in [0.2, 0.25) is 17.4 Å². The molecule has 2 aromatic rings. The molecule has 2 fully saturated rings. The van der Waals surface area contributed by atoms with Crippen molar-refractivity contribution < 1.29 is 24.6 Å². The van der Waals surface area contributed by atoms with Gasteiger partial charge in [-0.25, -0.2) is 4.90 Å².